The molecule has 0 aliphatic heterocycles. The van der Waals surface area contributed by atoms with Gasteiger partial charge in [0.1, 0.15) is 11.2 Å². The minimum absolute atomic E-state index is 0.0113. The molecule has 1 aromatic heterocycles. The van der Waals surface area contributed by atoms with E-state index in [1.165, 1.54) is 18.2 Å². The number of rotatable bonds is 4. The summed E-state index contributed by atoms with van der Waals surface area (Å²) >= 11 is 0. The first kappa shape index (κ1) is 16.4. The Labute approximate surface area is 143 Å². The van der Waals surface area contributed by atoms with Gasteiger partial charge in [0, 0.05) is 38.0 Å². The topological polar surface area (TPSA) is 89.5 Å². The maximum atomic E-state index is 12.1. The van der Waals surface area contributed by atoms with Gasteiger partial charge in [0.15, 0.2) is 5.58 Å². The predicted octanol–water partition coefficient (Wildman–Crippen LogP) is 3.33. The summed E-state index contributed by atoms with van der Waals surface area (Å²) in [5.74, 6) is 0. The fraction of sp³-hybridized carbons (Fsp3) is 0.111. The van der Waals surface area contributed by atoms with Crippen LogP contribution in [-0.4, -0.2) is 24.0 Å². The third-order valence-corrected chi connectivity index (χ3v) is 3.65. The second-order valence-corrected chi connectivity index (χ2v) is 5.61. The smallest absolute Gasteiger partial charge is 0.362 e. The van der Waals surface area contributed by atoms with Crippen molar-refractivity contribution >= 4 is 34.6 Å². The van der Waals surface area contributed by atoms with E-state index < -0.39 is 10.5 Å². The van der Waals surface area contributed by atoms with E-state index in [4.69, 9.17) is 4.42 Å². The van der Waals surface area contributed by atoms with Crippen LogP contribution in [0.5, 0.6) is 0 Å². The molecule has 0 fully saturated rings. The lowest BCUT2D eigenvalue weighted by molar-refractivity contribution is -0.384. The van der Waals surface area contributed by atoms with E-state index in [0.29, 0.717) is 11.1 Å². The third-order valence-electron chi connectivity index (χ3n) is 3.65. The molecule has 2 aromatic carbocycles. The van der Waals surface area contributed by atoms with E-state index in [2.05, 4.69) is 4.98 Å². The zero-order valence-electron chi connectivity index (χ0n) is 13.7. The lowest BCUT2D eigenvalue weighted by Gasteiger charge is -2.12. The molecular weight excluding hydrogens is 322 g/mol. The Kier molecular flexibility index (Phi) is 4.30. The van der Waals surface area contributed by atoms with Crippen LogP contribution >= 0.6 is 0 Å². The van der Waals surface area contributed by atoms with Gasteiger partial charge in [-0.05, 0) is 35.9 Å². The lowest BCUT2D eigenvalue weighted by Crippen LogP contribution is -2.09. The number of aromatic nitrogens is 1. The highest BCUT2D eigenvalue weighted by molar-refractivity contribution is 5.78. The van der Waals surface area contributed by atoms with Crippen molar-refractivity contribution in [3.63, 3.8) is 0 Å². The minimum Gasteiger partial charge on any atom is -0.419 e. The Morgan fingerprint density at radius 1 is 1.12 bits per heavy atom. The summed E-state index contributed by atoms with van der Waals surface area (Å²) in [6.07, 6.45) is 3.19. The van der Waals surface area contributed by atoms with Gasteiger partial charge in [0.25, 0.3) is 5.69 Å². The van der Waals surface area contributed by atoms with Crippen molar-refractivity contribution in [2.75, 3.05) is 19.0 Å². The molecule has 0 aliphatic rings. The van der Waals surface area contributed by atoms with E-state index in [1.807, 2.05) is 25.1 Å². The normalized spacial score (nSPS) is 11.1. The van der Waals surface area contributed by atoms with Crippen molar-refractivity contribution in [3.8, 4) is 0 Å². The van der Waals surface area contributed by atoms with E-state index in [1.54, 1.807) is 30.3 Å². The molecule has 0 atom stereocenters. The molecule has 0 spiro atoms. The highest BCUT2D eigenvalue weighted by atomic mass is 16.6. The minimum atomic E-state index is -0.540. The largest absolute Gasteiger partial charge is 0.419 e. The van der Waals surface area contributed by atoms with E-state index >= 15 is 0 Å². The van der Waals surface area contributed by atoms with Gasteiger partial charge in [-0.2, -0.15) is 0 Å². The second-order valence-electron chi connectivity index (χ2n) is 5.61. The van der Waals surface area contributed by atoms with Gasteiger partial charge in [-0.25, -0.2) is 9.78 Å². The first-order valence-electron chi connectivity index (χ1n) is 7.49. The third kappa shape index (κ3) is 3.55. The molecule has 0 N–H and O–H groups in total. The molecular formula is C18H15N3O4. The molecule has 0 radical (unpaired) electrons. The Morgan fingerprint density at radius 2 is 1.84 bits per heavy atom. The zero-order chi connectivity index (χ0) is 18.0. The van der Waals surface area contributed by atoms with Crippen molar-refractivity contribution in [2.45, 2.75) is 0 Å². The van der Waals surface area contributed by atoms with Gasteiger partial charge in [-0.15, -0.1) is 0 Å². The van der Waals surface area contributed by atoms with Crippen LogP contribution in [0.15, 0.2) is 51.7 Å². The van der Waals surface area contributed by atoms with Gasteiger partial charge in [0.2, 0.25) is 0 Å². The average molecular weight is 337 g/mol. The van der Waals surface area contributed by atoms with Crippen molar-refractivity contribution in [1.82, 2.24) is 4.98 Å². The van der Waals surface area contributed by atoms with Gasteiger partial charge >= 0.3 is 5.63 Å². The molecule has 126 valence electrons. The maximum absolute atomic E-state index is 12.1. The Balaban J connectivity index is 1.93. The number of fused-ring (bicyclic) bond motifs is 1. The highest BCUT2D eigenvalue weighted by Gasteiger charge is 2.07. The van der Waals surface area contributed by atoms with Crippen LogP contribution in [0.4, 0.5) is 11.4 Å². The molecule has 0 amide bonds. The molecule has 0 saturated carbocycles. The van der Waals surface area contributed by atoms with E-state index in [9.17, 15) is 14.9 Å². The summed E-state index contributed by atoms with van der Waals surface area (Å²) in [5, 5.41) is 10.6. The molecule has 3 rings (SSSR count). The first-order valence-corrected chi connectivity index (χ1v) is 7.49. The van der Waals surface area contributed by atoms with Crippen LogP contribution in [0.25, 0.3) is 23.3 Å². The Hall–Kier alpha value is -3.48. The quantitative estimate of drug-likeness (QED) is 0.536. The SMILES string of the molecule is CN(C)c1ccc2nc(/C=C/c3ccc([N+](=O)[O-])cc3)c(=O)oc2c1. The van der Waals surface area contributed by atoms with Crippen LogP contribution in [0.2, 0.25) is 0 Å². The average Bonchev–Trinajstić information content (AvgIpc) is 2.59. The van der Waals surface area contributed by atoms with Gasteiger partial charge < -0.3 is 9.32 Å². The number of anilines is 1. The summed E-state index contributed by atoms with van der Waals surface area (Å²) < 4.78 is 5.34. The summed E-state index contributed by atoms with van der Waals surface area (Å²) in [6, 6.07) is 11.4. The van der Waals surface area contributed by atoms with Gasteiger partial charge in [-0.3, -0.25) is 10.1 Å². The van der Waals surface area contributed by atoms with Crippen molar-refractivity contribution in [2.24, 2.45) is 0 Å². The molecule has 7 nitrogen and oxygen atoms in total. The van der Waals surface area contributed by atoms with E-state index in [0.717, 1.165) is 11.3 Å². The molecule has 0 aliphatic carbocycles. The maximum Gasteiger partial charge on any atom is 0.362 e. The van der Waals surface area contributed by atoms with Crippen molar-refractivity contribution in [1.29, 1.82) is 0 Å². The molecule has 0 saturated heterocycles. The Bertz CT molecular complexity index is 1020. The fourth-order valence-corrected chi connectivity index (χ4v) is 2.27. The first-order chi connectivity index (χ1) is 11.9. The summed E-state index contributed by atoms with van der Waals surface area (Å²) in [7, 11) is 3.79. The van der Waals surface area contributed by atoms with Crippen LogP contribution in [0.3, 0.4) is 0 Å². The molecule has 25 heavy (non-hydrogen) atoms. The van der Waals surface area contributed by atoms with Gasteiger partial charge in [-0.1, -0.05) is 6.08 Å². The summed E-state index contributed by atoms with van der Waals surface area (Å²) in [4.78, 5) is 28.5. The lowest BCUT2D eigenvalue weighted by atomic mass is 10.2. The number of non-ortho nitro benzene ring substituents is 1. The van der Waals surface area contributed by atoms with Crippen molar-refractivity contribution < 1.29 is 9.34 Å². The monoisotopic (exact) mass is 337 g/mol. The van der Waals surface area contributed by atoms with Crippen LogP contribution in [0.1, 0.15) is 11.3 Å². The highest BCUT2D eigenvalue weighted by Crippen LogP contribution is 2.19. The fourth-order valence-electron chi connectivity index (χ4n) is 2.27. The van der Waals surface area contributed by atoms with Gasteiger partial charge in [0.05, 0.1) is 4.92 Å². The summed E-state index contributed by atoms with van der Waals surface area (Å²) in [5.41, 5.74) is 2.26. The zero-order valence-corrected chi connectivity index (χ0v) is 13.7. The van der Waals surface area contributed by atoms with E-state index in [-0.39, 0.29) is 11.4 Å². The standard InChI is InChI=1S/C18H15N3O4/c1-20(2)14-8-10-15-17(11-14)25-18(22)16(19-15)9-5-12-3-6-13(7-4-12)21(23)24/h3-11H,1-2H3/b9-5+. The molecule has 1 heterocycles. The molecule has 0 bridgehead atoms. The number of nitro groups is 1. The summed E-state index contributed by atoms with van der Waals surface area (Å²) in [6.45, 7) is 0. The number of hydrogen-bond acceptors (Lipinski definition) is 6. The number of nitro benzene ring substituents is 1. The molecule has 0 unspecified atom stereocenters. The second kappa shape index (κ2) is 6.56. The number of benzene rings is 2. The molecule has 3 aromatic rings. The number of hydrogen-bond donors (Lipinski definition) is 0. The molecule has 7 heteroatoms. The van der Waals surface area contributed by atoms with Crippen LogP contribution in [-0.2, 0) is 0 Å². The van der Waals surface area contributed by atoms with Crippen molar-refractivity contribution in [3.05, 3.63) is 74.3 Å². The van der Waals surface area contributed by atoms with Crippen LogP contribution in [0, 0.1) is 10.1 Å². The Morgan fingerprint density at radius 3 is 2.48 bits per heavy atom. The van der Waals surface area contributed by atoms with Crippen LogP contribution < -0.4 is 10.5 Å². The predicted molar refractivity (Wildman–Crippen MR) is 96.6 cm³/mol. The number of nitrogens with zero attached hydrogens (tertiary/aromatic N) is 3.